The van der Waals surface area contributed by atoms with Crippen molar-refractivity contribution in [3.8, 4) is 0 Å². The summed E-state index contributed by atoms with van der Waals surface area (Å²) in [7, 11) is 0. The zero-order valence-corrected chi connectivity index (χ0v) is 14.5. The van der Waals surface area contributed by atoms with Gasteiger partial charge in [-0.05, 0) is 64.3 Å². The maximum Gasteiger partial charge on any atom is 0.225 e. The average Bonchev–Trinajstić information content (AvgIpc) is 2.52. The van der Waals surface area contributed by atoms with Crippen LogP contribution in [0.5, 0.6) is 0 Å². The van der Waals surface area contributed by atoms with Crippen LogP contribution in [0, 0.1) is 17.8 Å². The third-order valence-electron chi connectivity index (χ3n) is 6.05. The average molecular weight is 307 g/mol. The molecule has 3 fully saturated rings. The fraction of sp³-hybridized carbons (Fsp3) is 0.944. The molecule has 3 aliphatic rings. The quantitative estimate of drug-likeness (QED) is 0.794. The molecular formula is C18H33N3O. The number of carbonyl (C=O) groups is 1. The summed E-state index contributed by atoms with van der Waals surface area (Å²) in [6, 6.07) is 0. The Kier molecular flexibility index (Phi) is 5.40. The maximum atomic E-state index is 12.5. The van der Waals surface area contributed by atoms with Gasteiger partial charge in [0.05, 0.1) is 0 Å². The van der Waals surface area contributed by atoms with Gasteiger partial charge in [0, 0.05) is 31.5 Å². The van der Waals surface area contributed by atoms with Gasteiger partial charge in [-0.1, -0.05) is 13.8 Å². The highest BCUT2D eigenvalue weighted by atomic mass is 16.2. The van der Waals surface area contributed by atoms with E-state index in [-0.39, 0.29) is 0 Å². The Morgan fingerprint density at radius 2 is 1.55 bits per heavy atom. The molecule has 0 saturated carbocycles. The highest BCUT2D eigenvalue weighted by Gasteiger charge is 2.36. The van der Waals surface area contributed by atoms with Crippen molar-refractivity contribution in [3.05, 3.63) is 0 Å². The Labute approximate surface area is 135 Å². The SMILES string of the molecule is CCN1CCC(C(=O)N2CC(CN3CCC(C)CC3)C2)CC1. The third-order valence-corrected chi connectivity index (χ3v) is 6.05. The third kappa shape index (κ3) is 3.83. The molecule has 0 N–H and O–H groups in total. The van der Waals surface area contributed by atoms with Gasteiger partial charge < -0.3 is 14.7 Å². The summed E-state index contributed by atoms with van der Waals surface area (Å²) in [4.78, 5) is 19.8. The molecule has 0 aliphatic carbocycles. The summed E-state index contributed by atoms with van der Waals surface area (Å²) in [6.07, 6.45) is 4.84. The van der Waals surface area contributed by atoms with E-state index in [9.17, 15) is 4.79 Å². The number of amides is 1. The second-order valence-electron chi connectivity index (χ2n) is 7.80. The van der Waals surface area contributed by atoms with Crippen molar-refractivity contribution in [2.75, 3.05) is 52.4 Å². The van der Waals surface area contributed by atoms with Crippen LogP contribution in [0.4, 0.5) is 0 Å². The van der Waals surface area contributed by atoms with Crippen LogP contribution < -0.4 is 0 Å². The van der Waals surface area contributed by atoms with Crippen molar-refractivity contribution in [2.45, 2.75) is 39.5 Å². The second-order valence-corrected chi connectivity index (χ2v) is 7.80. The molecule has 0 atom stereocenters. The molecule has 0 aromatic rings. The van der Waals surface area contributed by atoms with Crippen LogP contribution in [0.2, 0.25) is 0 Å². The fourth-order valence-corrected chi connectivity index (χ4v) is 4.23. The van der Waals surface area contributed by atoms with Crippen molar-refractivity contribution >= 4 is 5.91 Å². The standard InChI is InChI=1S/C18H33N3O/c1-3-19-10-6-17(7-11-19)18(22)21-13-16(14-21)12-20-8-4-15(2)5-9-20/h15-17H,3-14H2,1-2H3. The molecule has 0 unspecified atom stereocenters. The van der Waals surface area contributed by atoms with Gasteiger partial charge in [-0.25, -0.2) is 0 Å². The highest BCUT2D eigenvalue weighted by molar-refractivity contribution is 5.79. The lowest BCUT2D eigenvalue weighted by Crippen LogP contribution is -2.56. The number of likely N-dealkylation sites (tertiary alicyclic amines) is 3. The van der Waals surface area contributed by atoms with Crippen LogP contribution in [0.1, 0.15) is 39.5 Å². The largest absolute Gasteiger partial charge is 0.342 e. The molecule has 1 amide bonds. The van der Waals surface area contributed by atoms with Crippen LogP contribution in [0.25, 0.3) is 0 Å². The normalized spacial score (nSPS) is 27.1. The van der Waals surface area contributed by atoms with Gasteiger partial charge in [-0.2, -0.15) is 0 Å². The monoisotopic (exact) mass is 307 g/mol. The zero-order valence-electron chi connectivity index (χ0n) is 14.5. The molecule has 126 valence electrons. The van der Waals surface area contributed by atoms with E-state index in [1.807, 2.05) is 0 Å². The molecule has 3 heterocycles. The number of rotatable bonds is 4. The number of hydrogen-bond acceptors (Lipinski definition) is 3. The molecule has 0 aromatic carbocycles. The van der Waals surface area contributed by atoms with Crippen LogP contribution >= 0.6 is 0 Å². The van der Waals surface area contributed by atoms with E-state index < -0.39 is 0 Å². The molecule has 3 rings (SSSR count). The lowest BCUT2D eigenvalue weighted by molar-refractivity contribution is -0.144. The van der Waals surface area contributed by atoms with Gasteiger partial charge in [0.25, 0.3) is 0 Å². The first-order valence-corrected chi connectivity index (χ1v) is 9.39. The molecular weight excluding hydrogens is 274 g/mol. The van der Waals surface area contributed by atoms with Crippen LogP contribution in [0.3, 0.4) is 0 Å². The Bertz CT molecular complexity index is 365. The zero-order chi connectivity index (χ0) is 15.5. The van der Waals surface area contributed by atoms with Gasteiger partial charge in [-0.15, -0.1) is 0 Å². The van der Waals surface area contributed by atoms with E-state index >= 15 is 0 Å². The Morgan fingerprint density at radius 3 is 2.14 bits per heavy atom. The maximum absolute atomic E-state index is 12.5. The number of carbonyl (C=O) groups excluding carboxylic acids is 1. The molecule has 0 spiro atoms. The van der Waals surface area contributed by atoms with E-state index in [0.717, 1.165) is 57.4 Å². The molecule has 4 nitrogen and oxygen atoms in total. The summed E-state index contributed by atoms with van der Waals surface area (Å²) in [6.45, 7) is 13.7. The minimum atomic E-state index is 0.305. The van der Waals surface area contributed by atoms with Crippen LogP contribution in [-0.4, -0.2) is 73.0 Å². The van der Waals surface area contributed by atoms with E-state index in [0.29, 0.717) is 11.8 Å². The van der Waals surface area contributed by atoms with E-state index in [1.54, 1.807) is 0 Å². The first-order chi connectivity index (χ1) is 10.7. The lowest BCUT2D eigenvalue weighted by atomic mass is 9.90. The lowest BCUT2D eigenvalue weighted by Gasteiger charge is -2.45. The van der Waals surface area contributed by atoms with E-state index in [1.165, 1.54) is 32.5 Å². The van der Waals surface area contributed by atoms with Crippen molar-refractivity contribution < 1.29 is 4.79 Å². The molecule has 0 radical (unpaired) electrons. The first-order valence-electron chi connectivity index (χ1n) is 9.39. The number of hydrogen-bond donors (Lipinski definition) is 0. The van der Waals surface area contributed by atoms with Crippen LogP contribution in [-0.2, 0) is 4.79 Å². The molecule has 22 heavy (non-hydrogen) atoms. The topological polar surface area (TPSA) is 26.8 Å². The Balaban J connectivity index is 1.35. The summed E-state index contributed by atoms with van der Waals surface area (Å²) >= 11 is 0. The summed E-state index contributed by atoms with van der Waals surface area (Å²) in [5.41, 5.74) is 0. The molecule has 0 aromatic heterocycles. The highest BCUT2D eigenvalue weighted by Crippen LogP contribution is 2.26. The van der Waals surface area contributed by atoms with Crippen molar-refractivity contribution in [1.29, 1.82) is 0 Å². The van der Waals surface area contributed by atoms with Gasteiger partial charge in [-0.3, -0.25) is 4.79 Å². The predicted molar refractivity (Wildman–Crippen MR) is 89.7 cm³/mol. The van der Waals surface area contributed by atoms with E-state index in [4.69, 9.17) is 0 Å². The van der Waals surface area contributed by atoms with Gasteiger partial charge >= 0.3 is 0 Å². The molecule has 0 bridgehead atoms. The van der Waals surface area contributed by atoms with Gasteiger partial charge in [0.2, 0.25) is 5.91 Å². The summed E-state index contributed by atoms with van der Waals surface area (Å²) < 4.78 is 0. The predicted octanol–water partition coefficient (Wildman–Crippen LogP) is 1.91. The number of piperidine rings is 2. The van der Waals surface area contributed by atoms with Crippen molar-refractivity contribution in [2.24, 2.45) is 17.8 Å². The molecule has 3 aliphatic heterocycles. The minimum absolute atomic E-state index is 0.305. The Morgan fingerprint density at radius 1 is 0.955 bits per heavy atom. The fourth-order valence-electron chi connectivity index (χ4n) is 4.23. The van der Waals surface area contributed by atoms with Gasteiger partial charge in [0.1, 0.15) is 0 Å². The van der Waals surface area contributed by atoms with Crippen molar-refractivity contribution in [3.63, 3.8) is 0 Å². The molecule has 3 saturated heterocycles. The van der Waals surface area contributed by atoms with Gasteiger partial charge in [0.15, 0.2) is 0 Å². The number of nitrogens with zero attached hydrogens (tertiary/aromatic N) is 3. The van der Waals surface area contributed by atoms with E-state index in [2.05, 4.69) is 28.5 Å². The minimum Gasteiger partial charge on any atom is -0.342 e. The smallest absolute Gasteiger partial charge is 0.225 e. The first kappa shape index (κ1) is 16.3. The second kappa shape index (κ2) is 7.31. The Hall–Kier alpha value is -0.610. The summed E-state index contributed by atoms with van der Waals surface area (Å²) in [5.74, 6) is 2.39. The van der Waals surface area contributed by atoms with Crippen LogP contribution in [0.15, 0.2) is 0 Å². The molecule has 4 heteroatoms. The van der Waals surface area contributed by atoms with Crippen molar-refractivity contribution in [1.82, 2.24) is 14.7 Å². The summed E-state index contributed by atoms with van der Waals surface area (Å²) in [5, 5.41) is 0.